The van der Waals surface area contributed by atoms with Crippen LogP contribution in [-0.2, 0) is 11.2 Å². The summed E-state index contributed by atoms with van der Waals surface area (Å²) in [6.45, 7) is 0.749. The van der Waals surface area contributed by atoms with Crippen LogP contribution in [0.5, 0.6) is 0 Å². The van der Waals surface area contributed by atoms with Crippen LogP contribution in [0.2, 0.25) is 0 Å². The molecule has 2 N–H and O–H groups in total. The van der Waals surface area contributed by atoms with Crippen LogP contribution in [-0.4, -0.2) is 42.5 Å². The third kappa shape index (κ3) is 3.99. The Hall–Kier alpha value is -1.81. The Labute approximate surface area is 144 Å². The van der Waals surface area contributed by atoms with Gasteiger partial charge < -0.3 is 15.2 Å². The minimum absolute atomic E-state index is 0.113. The van der Waals surface area contributed by atoms with Crippen molar-refractivity contribution in [3.05, 3.63) is 36.0 Å². The van der Waals surface area contributed by atoms with Crippen molar-refractivity contribution in [2.75, 3.05) is 20.6 Å². The Morgan fingerprint density at radius 2 is 2.00 bits per heavy atom. The third-order valence-corrected chi connectivity index (χ3v) is 5.39. The van der Waals surface area contributed by atoms with Gasteiger partial charge >= 0.3 is 0 Å². The molecule has 1 heterocycles. The normalized spacial score (nSPS) is 17.3. The van der Waals surface area contributed by atoms with Crippen molar-refractivity contribution in [3.63, 3.8) is 0 Å². The first-order valence-electron chi connectivity index (χ1n) is 9.13. The number of aromatic amines is 1. The minimum atomic E-state index is 0.113. The van der Waals surface area contributed by atoms with Gasteiger partial charge in [-0.3, -0.25) is 4.79 Å². The molecule has 1 aromatic heterocycles. The largest absolute Gasteiger partial charge is 0.361 e. The van der Waals surface area contributed by atoms with Gasteiger partial charge in [0.25, 0.3) is 0 Å². The van der Waals surface area contributed by atoms with Crippen molar-refractivity contribution in [2.24, 2.45) is 5.92 Å². The van der Waals surface area contributed by atoms with Gasteiger partial charge in [-0.1, -0.05) is 37.5 Å². The molecule has 0 aliphatic heterocycles. The topological polar surface area (TPSA) is 48.1 Å². The fourth-order valence-electron chi connectivity index (χ4n) is 4.02. The predicted octanol–water partition coefficient (Wildman–Crippen LogP) is 3.34. The van der Waals surface area contributed by atoms with Gasteiger partial charge in [-0.2, -0.15) is 0 Å². The fourth-order valence-corrected chi connectivity index (χ4v) is 4.02. The molecule has 4 nitrogen and oxygen atoms in total. The summed E-state index contributed by atoms with van der Waals surface area (Å²) in [5.41, 5.74) is 2.16. The number of nitrogens with one attached hydrogen (secondary N) is 2. The summed E-state index contributed by atoms with van der Waals surface area (Å²) in [6, 6.07) is 8.58. The van der Waals surface area contributed by atoms with Crippen molar-refractivity contribution in [3.8, 4) is 0 Å². The number of carbonyl (C=O) groups excluding carboxylic acids is 1. The zero-order chi connectivity index (χ0) is 16.9. The summed E-state index contributed by atoms with van der Waals surface area (Å²) in [5, 5.41) is 4.31. The summed E-state index contributed by atoms with van der Waals surface area (Å²) in [6.07, 6.45) is 9.01. The number of nitrogens with zero attached hydrogens (tertiary/aromatic N) is 1. The second-order valence-corrected chi connectivity index (χ2v) is 7.27. The molecule has 0 spiro atoms. The monoisotopic (exact) mass is 327 g/mol. The van der Waals surface area contributed by atoms with Crippen molar-refractivity contribution in [2.45, 2.75) is 44.6 Å². The first-order valence-corrected chi connectivity index (χ1v) is 9.13. The quantitative estimate of drug-likeness (QED) is 0.855. The van der Waals surface area contributed by atoms with Gasteiger partial charge in [0.1, 0.15) is 0 Å². The lowest BCUT2D eigenvalue weighted by Gasteiger charge is -2.35. The SMILES string of the molecule is CN(C)[C@H](CNC(=O)Cc1c[nH]c2ccccc12)C1CCCCC1. The molecule has 1 saturated carbocycles. The minimum Gasteiger partial charge on any atom is -0.361 e. The lowest BCUT2D eigenvalue weighted by Crippen LogP contribution is -2.45. The Bertz CT molecular complexity index is 670. The van der Waals surface area contributed by atoms with E-state index < -0.39 is 0 Å². The number of benzene rings is 1. The summed E-state index contributed by atoms with van der Waals surface area (Å²) in [4.78, 5) is 17.9. The zero-order valence-corrected chi connectivity index (χ0v) is 14.8. The van der Waals surface area contributed by atoms with Crippen LogP contribution >= 0.6 is 0 Å². The van der Waals surface area contributed by atoms with Gasteiger partial charge in [0.2, 0.25) is 5.91 Å². The maximum absolute atomic E-state index is 12.4. The zero-order valence-electron chi connectivity index (χ0n) is 14.8. The molecular formula is C20H29N3O. The van der Waals surface area contributed by atoms with E-state index in [1.165, 1.54) is 32.1 Å². The molecule has 24 heavy (non-hydrogen) atoms. The van der Waals surface area contributed by atoms with E-state index in [-0.39, 0.29) is 5.91 Å². The van der Waals surface area contributed by atoms with Crippen molar-refractivity contribution >= 4 is 16.8 Å². The molecule has 0 bridgehead atoms. The molecule has 4 heteroatoms. The molecule has 0 saturated heterocycles. The maximum Gasteiger partial charge on any atom is 0.224 e. The second-order valence-electron chi connectivity index (χ2n) is 7.27. The number of likely N-dealkylation sites (N-methyl/N-ethyl adjacent to an activating group) is 1. The average Bonchev–Trinajstić information content (AvgIpc) is 2.99. The van der Waals surface area contributed by atoms with Gasteiger partial charge in [-0.25, -0.2) is 0 Å². The van der Waals surface area contributed by atoms with Crippen molar-refractivity contribution in [1.82, 2.24) is 15.2 Å². The highest BCUT2D eigenvalue weighted by atomic mass is 16.1. The molecule has 2 aromatic rings. The third-order valence-electron chi connectivity index (χ3n) is 5.39. The van der Waals surface area contributed by atoms with Gasteiger partial charge in [-0.15, -0.1) is 0 Å². The van der Waals surface area contributed by atoms with Crippen LogP contribution in [0.4, 0.5) is 0 Å². The van der Waals surface area contributed by atoms with Crippen LogP contribution in [0.15, 0.2) is 30.5 Å². The maximum atomic E-state index is 12.4. The molecule has 1 aromatic carbocycles. The van der Waals surface area contributed by atoms with Crippen LogP contribution in [0.25, 0.3) is 10.9 Å². The summed E-state index contributed by atoms with van der Waals surface area (Å²) in [5.74, 6) is 0.824. The van der Waals surface area contributed by atoms with Crippen LogP contribution in [0.3, 0.4) is 0 Å². The molecule has 0 radical (unpaired) electrons. The average molecular weight is 327 g/mol. The van der Waals surface area contributed by atoms with Crippen LogP contribution in [0.1, 0.15) is 37.7 Å². The number of rotatable bonds is 6. The molecule has 1 fully saturated rings. The van der Waals surface area contributed by atoms with E-state index >= 15 is 0 Å². The first kappa shape index (κ1) is 17.0. The van der Waals surface area contributed by atoms with Gasteiger partial charge in [0.05, 0.1) is 6.42 Å². The molecule has 130 valence electrons. The van der Waals surface area contributed by atoms with E-state index in [0.717, 1.165) is 23.0 Å². The summed E-state index contributed by atoms with van der Waals surface area (Å²) in [7, 11) is 4.26. The van der Waals surface area contributed by atoms with Gasteiger partial charge in [0.15, 0.2) is 0 Å². The molecule has 0 unspecified atom stereocenters. The van der Waals surface area contributed by atoms with E-state index in [2.05, 4.69) is 35.4 Å². The number of hydrogen-bond acceptors (Lipinski definition) is 2. The molecule has 1 aliphatic rings. The highest BCUT2D eigenvalue weighted by Crippen LogP contribution is 2.28. The Balaban J connectivity index is 1.57. The lowest BCUT2D eigenvalue weighted by atomic mass is 9.83. The molecule has 3 rings (SSSR count). The van der Waals surface area contributed by atoms with Gasteiger partial charge in [0, 0.05) is 29.7 Å². The van der Waals surface area contributed by atoms with E-state index in [0.29, 0.717) is 18.4 Å². The smallest absolute Gasteiger partial charge is 0.224 e. The number of fused-ring (bicyclic) bond motifs is 1. The highest BCUT2D eigenvalue weighted by molar-refractivity contribution is 5.88. The van der Waals surface area contributed by atoms with Crippen LogP contribution < -0.4 is 5.32 Å². The number of hydrogen-bond donors (Lipinski definition) is 2. The molecule has 1 amide bonds. The standard InChI is InChI=1S/C20H29N3O/c1-23(2)19(15-8-4-3-5-9-15)14-22-20(24)12-16-13-21-18-11-7-6-10-17(16)18/h6-7,10-11,13,15,19,21H,3-5,8-9,12,14H2,1-2H3,(H,22,24)/t19-/m1/s1. The Kier molecular flexibility index (Phi) is 5.56. The number of H-pyrrole nitrogens is 1. The van der Waals surface area contributed by atoms with Crippen molar-refractivity contribution in [1.29, 1.82) is 0 Å². The fraction of sp³-hybridized carbons (Fsp3) is 0.550. The molecular weight excluding hydrogens is 298 g/mol. The van der Waals surface area contributed by atoms with E-state index in [1.54, 1.807) is 0 Å². The van der Waals surface area contributed by atoms with E-state index in [1.807, 2.05) is 24.4 Å². The number of amides is 1. The Morgan fingerprint density at radius 1 is 1.25 bits per heavy atom. The molecule has 1 aliphatic carbocycles. The summed E-state index contributed by atoms with van der Waals surface area (Å²) >= 11 is 0. The number of para-hydroxylation sites is 1. The molecule has 1 atom stereocenters. The van der Waals surface area contributed by atoms with Crippen LogP contribution in [0, 0.1) is 5.92 Å². The number of carbonyl (C=O) groups is 1. The van der Waals surface area contributed by atoms with Crippen molar-refractivity contribution < 1.29 is 4.79 Å². The number of aromatic nitrogens is 1. The Morgan fingerprint density at radius 3 is 2.75 bits per heavy atom. The second kappa shape index (κ2) is 7.84. The van der Waals surface area contributed by atoms with Gasteiger partial charge in [-0.05, 0) is 44.5 Å². The summed E-state index contributed by atoms with van der Waals surface area (Å²) < 4.78 is 0. The predicted molar refractivity (Wildman–Crippen MR) is 99.1 cm³/mol. The van der Waals surface area contributed by atoms with E-state index in [9.17, 15) is 4.79 Å². The lowest BCUT2D eigenvalue weighted by molar-refractivity contribution is -0.120. The van der Waals surface area contributed by atoms with E-state index in [4.69, 9.17) is 0 Å². The first-order chi connectivity index (χ1) is 11.6. The highest BCUT2D eigenvalue weighted by Gasteiger charge is 2.25.